The van der Waals surface area contributed by atoms with Crippen LogP contribution >= 0.6 is 0 Å². The van der Waals surface area contributed by atoms with E-state index < -0.39 is 5.97 Å². The smallest absolute Gasteiger partial charge is 0.320 e. The van der Waals surface area contributed by atoms with Crippen LogP contribution in [-0.4, -0.2) is 53.1 Å². The van der Waals surface area contributed by atoms with Crippen LogP contribution in [0.1, 0.15) is 33.1 Å². The van der Waals surface area contributed by atoms with Gasteiger partial charge in [0.2, 0.25) is 0 Å². The molecule has 0 aromatic rings. The van der Waals surface area contributed by atoms with Crippen LogP contribution in [0.5, 0.6) is 0 Å². The Balaban J connectivity index is 1.94. The summed E-state index contributed by atoms with van der Waals surface area (Å²) in [4.78, 5) is 27.1. The van der Waals surface area contributed by atoms with Crippen LogP contribution in [0.15, 0.2) is 0 Å². The van der Waals surface area contributed by atoms with Gasteiger partial charge in [-0.15, -0.1) is 0 Å². The molecule has 2 amide bonds. The van der Waals surface area contributed by atoms with E-state index in [-0.39, 0.29) is 11.9 Å². The summed E-state index contributed by atoms with van der Waals surface area (Å²) in [6.07, 6.45) is 2.53. The topological polar surface area (TPSA) is 60.9 Å². The lowest BCUT2D eigenvalue weighted by Gasteiger charge is -2.40. The van der Waals surface area contributed by atoms with Gasteiger partial charge in [0, 0.05) is 26.2 Å². The van der Waals surface area contributed by atoms with E-state index in [0.29, 0.717) is 31.3 Å². The standard InChI is InChI=1S/C14H24N2O3/c1-10-5-7-16(8-11(10)2)14(19)15-6-3-4-12(9-15)13(17)18/h10-12H,3-9H2,1-2H3,(H,17,18). The molecule has 2 aliphatic rings. The number of nitrogens with zero attached hydrogens (tertiary/aromatic N) is 2. The van der Waals surface area contributed by atoms with Crippen molar-refractivity contribution >= 4 is 12.0 Å². The fourth-order valence-electron chi connectivity index (χ4n) is 2.99. The molecule has 2 heterocycles. The maximum Gasteiger partial charge on any atom is 0.320 e. The van der Waals surface area contributed by atoms with Gasteiger partial charge in [-0.1, -0.05) is 13.8 Å². The number of likely N-dealkylation sites (tertiary alicyclic amines) is 2. The number of carbonyl (C=O) groups is 2. The highest BCUT2D eigenvalue weighted by atomic mass is 16.4. The number of hydrogen-bond acceptors (Lipinski definition) is 2. The van der Waals surface area contributed by atoms with Crippen molar-refractivity contribution in [3.63, 3.8) is 0 Å². The SMILES string of the molecule is CC1CCN(C(=O)N2CCCC(C(=O)O)C2)CC1C. The molecule has 5 heteroatoms. The first-order valence-electron chi connectivity index (χ1n) is 7.25. The van der Waals surface area contributed by atoms with Crippen molar-refractivity contribution in [3.8, 4) is 0 Å². The first-order chi connectivity index (χ1) is 8.99. The van der Waals surface area contributed by atoms with E-state index in [1.807, 2.05) is 4.90 Å². The van der Waals surface area contributed by atoms with Crippen LogP contribution in [0.3, 0.4) is 0 Å². The molecule has 0 bridgehead atoms. The van der Waals surface area contributed by atoms with E-state index in [9.17, 15) is 9.59 Å². The van der Waals surface area contributed by atoms with Crippen LogP contribution < -0.4 is 0 Å². The molecule has 19 heavy (non-hydrogen) atoms. The second kappa shape index (κ2) is 5.80. The number of carbonyl (C=O) groups excluding carboxylic acids is 1. The van der Waals surface area contributed by atoms with E-state index in [0.717, 1.165) is 25.9 Å². The Morgan fingerprint density at radius 1 is 1.00 bits per heavy atom. The molecule has 1 N–H and O–H groups in total. The number of hydrogen-bond donors (Lipinski definition) is 1. The summed E-state index contributed by atoms with van der Waals surface area (Å²) >= 11 is 0. The predicted molar refractivity (Wildman–Crippen MR) is 71.8 cm³/mol. The number of urea groups is 1. The number of rotatable bonds is 1. The van der Waals surface area contributed by atoms with Crippen LogP contribution in [0.25, 0.3) is 0 Å². The Morgan fingerprint density at radius 2 is 1.68 bits per heavy atom. The molecule has 3 atom stereocenters. The second-order valence-electron chi connectivity index (χ2n) is 6.10. The van der Waals surface area contributed by atoms with Crippen molar-refractivity contribution < 1.29 is 14.7 Å². The molecule has 0 saturated carbocycles. The van der Waals surface area contributed by atoms with E-state index in [1.165, 1.54) is 0 Å². The van der Waals surface area contributed by atoms with Gasteiger partial charge in [-0.2, -0.15) is 0 Å². The quantitative estimate of drug-likeness (QED) is 0.790. The lowest BCUT2D eigenvalue weighted by Crippen LogP contribution is -2.52. The molecule has 5 nitrogen and oxygen atoms in total. The zero-order chi connectivity index (χ0) is 14.0. The van der Waals surface area contributed by atoms with Gasteiger partial charge in [0.05, 0.1) is 5.92 Å². The van der Waals surface area contributed by atoms with Crippen molar-refractivity contribution in [2.24, 2.45) is 17.8 Å². The minimum Gasteiger partial charge on any atom is -0.481 e. The highest BCUT2D eigenvalue weighted by Crippen LogP contribution is 2.25. The van der Waals surface area contributed by atoms with Crippen LogP contribution in [0, 0.1) is 17.8 Å². The average Bonchev–Trinajstić information content (AvgIpc) is 2.41. The number of amides is 2. The molecular formula is C14H24N2O3. The lowest BCUT2D eigenvalue weighted by molar-refractivity contribution is -0.143. The summed E-state index contributed by atoms with van der Waals surface area (Å²) in [5.74, 6) is 0.0203. The van der Waals surface area contributed by atoms with Crippen molar-refractivity contribution in [1.29, 1.82) is 0 Å². The summed E-state index contributed by atoms with van der Waals surface area (Å²) in [5, 5.41) is 9.07. The van der Waals surface area contributed by atoms with Crippen LogP contribution in [0.2, 0.25) is 0 Å². The van der Waals surface area contributed by atoms with E-state index in [4.69, 9.17) is 5.11 Å². The van der Waals surface area contributed by atoms with Gasteiger partial charge in [-0.3, -0.25) is 4.79 Å². The first kappa shape index (κ1) is 14.2. The van der Waals surface area contributed by atoms with Gasteiger partial charge in [0.15, 0.2) is 0 Å². The van der Waals surface area contributed by atoms with Gasteiger partial charge in [-0.25, -0.2) is 4.79 Å². The minimum absolute atomic E-state index is 0.0321. The largest absolute Gasteiger partial charge is 0.481 e. The Morgan fingerprint density at radius 3 is 2.32 bits per heavy atom. The maximum absolute atomic E-state index is 12.4. The van der Waals surface area contributed by atoms with Crippen molar-refractivity contribution in [2.45, 2.75) is 33.1 Å². The normalized spacial score (nSPS) is 32.2. The molecule has 2 saturated heterocycles. The molecule has 3 unspecified atom stereocenters. The minimum atomic E-state index is -0.780. The third kappa shape index (κ3) is 3.19. The van der Waals surface area contributed by atoms with Gasteiger partial charge in [0.25, 0.3) is 0 Å². The van der Waals surface area contributed by atoms with Crippen molar-refractivity contribution in [2.75, 3.05) is 26.2 Å². The summed E-state index contributed by atoms with van der Waals surface area (Å²) in [6, 6.07) is 0.0321. The Kier molecular flexibility index (Phi) is 4.32. The van der Waals surface area contributed by atoms with Crippen molar-refractivity contribution in [3.05, 3.63) is 0 Å². The molecule has 2 aliphatic heterocycles. The van der Waals surface area contributed by atoms with E-state index >= 15 is 0 Å². The number of carboxylic acid groups (broad SMARTS) is 1. The van der Waals surface area contributed by atoms with Gasteiger partial charge in [0.1, 0.15) is 0 Å². The molecule has 108 valence electrons. The maximum atomic E-state index is 12.4. The molecule has 0 aliphatic carbocycles. The van der Waals surface area contributed by atoms with E-state index in [1.54, 1.807) is 4.90 Å². The summed E-state index contributed by atoms with van der Waals surface area (Å²) in [5.41, 5.74) is 0. The molecule has 0 radical (unpaired) electrons. The van der Waals surface area contributed by atoms with Gasteiger partial charge in [-0.05, 0) is 31.1 Å². The van der Waals surface area contributed by atoms with Crippen LogP contribution in [0.4, 0.5) is 4.79 Å². The molecule has 0 aromatic carbocycles. The van der Waals surface area contributed by atoms with E-state index in [2.05, 4.69) is 13.8 Å². The zero-order valence-corrected chi connectivity index (χ0v) is 11.8. The molecular weight excluding hydrogens is 244 g/mol. The lowest BCUT2D eigenvalue weighted by atomic mass is 9.89. The fraction of sp³-hybridized carbons (Fsp3) is 0.857. The predicted octanol–water partition coefficient (Wildman–Crippen LogP) is 1.88. The second-order valence-corrected chi connectivity index (χ2v) is 6.10. The number of piperidine rings is 2. The average molecular weight is 268 g/mol. The Hall–Kier alpha value is -1.26. The van der Waals surface area contributed by atoms with Gasteiger partial charge >= 0.3 is 12.0 Å². The van der Waals surface area contributed by atoms with Gasteiger partial charge < -0.3 is 14.9 Å². The highest BCUT2D eigenvalue weighted by Gasteiger charge is 2.33. The molecule has 2 fully saturated rings. The number of aliphatic carboxylic acids is 1. The molecule has 2 rings (SSSR count). The Bertz CT molecular complexity index is 359. The molecule has 0 spiro atoms. The third-order valence-corrected chi connectivity index (χ3v) is 4.65. The summed E-state index contributed by atoms with van der Waals surface area (Å²) < 4.78 is 0. The summed E-state index contributed by atoms with van der Waals surface area (Å²) in [6.45, 7) is 7.08. The number of carboxylic acids is 1. The molecule has 0 aromatic heterocycles. The Labute approximate surface area is 114 Å². The summed E-state index contributed by atoms with van der Waals surface area (Å²) in [7, 11) is 0. The van der Waals surface area contributed by atoms with Crippen molar-refractivity contribution in [1.82, 2.24) is 9.80 Å². The first-order valence-corrected chi connectivity index (χ1v) is 7.25. The van der Waals surface area contributed by atoms with Crippen LogP contribution in [-0.2, 0) is 4.79 Å². The zero-order valence-electron chi connectivity index (χ0n) is 11.8. The highest BCUT2D eigenvalue weighted by molar-refractivity contribution is 5.76. The monoisotopic (exact) mass is 268 g/mol. The fourth-order valence-corrected chi connectivity index (χ4v) is 2.99. The third-order valence-electron chi connectivity index (χ3n) is 4.65.